The highest BCUT2D eigenvalue weighted by atomic mass is 16.5. The smallest absolute Gasteiger partial charge is 0.163 e. The highest BCUT2D eigenvalue weighted by Crippen LogP contribution is 2.21. The molecule has 0 saturated carbocycles. The van der Waals surface area contributed by atoms with Crippen molar-refractivity contribution in [2.75, 3.05) is 7.11 Å². The van der Waals surface area contributed by atoms with Crippen LogP contribution in [-0.4, -0.2) is 12.9 Å². The van der Waals surface area contributed by atoms with Gasteiger partial charge in [-0.1, -0.05) is 36.4 Å². The summed E-state index contributed by atoms with van der Waals surface area (Å²) >= 11 is 0. The van der Waals surface area contributed by atoms with Crippen LogP contribution in [-0.2, 0) is 6.54 Å². The normalized spacial score (nSPS) is 12.0. The van der Waals surface area contributed by atoms with Crippen LogP contribution < -0.4 is 10.1 Å². The van der Waals surface area contributed by atoms with Gasteiger partial charge in [-0.3, -0.25) is 4.79 Å². The number of benzene rings is 2. The average Bonchev–Trinajstić information content (AvgIpc) is 2.53. The van der Waals surface area contributed by atoms with Gasteiger partial charge in [0.2, 0.25) is 0 Å². The Labute approximate surface area is 126 Å². The fraction of sp³-hybridized carbons (Fsp3) is 0.278. The highest BCUT2D eigenvalue weighted by Gasteiger charge is 2.10. The Kier molecular flexibility index (Phi) is 5.12. The Hall–Kier alpha value is -2.13. The Morgan fingerprint density at radius 3 is 2.52 bits per heavy atom. The van der Waals surface area contributed by atoms with E-state index in [0.717, 1.165) is 5.56 Å². The average molecular weight is 283 g/mol. The van der Waals surface area contributed by atoms with E-state index in [-0.39, 0.29) is 11.8 Å². The van der Waals surface area contributed by atoms with Crippen molar-refractivity contribution in [1.82, 2.24) is 5.32 Å². The lowest BCUT2D eigenvalue weighted by atomic mass is 10.1. The van der Waals surface area contributed by atoms with Gasteiger partial charge in [0.15, 0.2) is 5.78 Å². The third-order valence-electron chi connectivity index (χ3n) is 3.56. The number of carbonyl (C=O) groups excluding carboxylic acids is 1. The number of nitrogens with one attached hydrogen (secondary N) is 1. The standard InChI is InChI=1S/C18H21NO2/c1-13(16-7-5-4-6-8-16)19-12-15-9-10-18(21-3)17(11-15)14(2)20/h4-11,13,19H,12H2,1-3H3. The monoisotopic (exact) mass is 283 g/mol. The van der Waals surface area contributed by atoms with E-state index in [4.69, 9.17) is 4.74 Å². The van der Waals surface area contributed by atoms with Gasteiger partial charge in [-0.25, -0.2) is 0 Å². The van der Waals surface area contributed by atoms with Crippen LogP contribution in [0.25, 0.3) is 0 Å². The van der Waals surface area contributed by atoms with Gasteiger partial charge in [0, 0.05) is 12.6 Å². The van der Waals surface area contributed by atoms with Gasteiger partial charge in [-0.05, 0) is 37.1 Å². The van der Waals surface area contributed by atoms with Crippen molar-refractivity contribution in [3.63, 3.8) is 0 Å². The predicted octanol–water partition coefficient (Wildman–Crippen LogP) is 3.75. The third kappa shape index (κ3) is 3.92. The lowest BCUT2D eigenvalue weighted by Gasteiger charge is -2.15. The maximum absolute atomic E-state index is 11.6. The molecule has 1 atom stereocenters. The zero-order chi connectivity index (χ0) is 15.2. The number of methoxy groups -OCH3 is 1. The third-order valence-corrected chi connectivity index (χ3v) is 3.56. The quantitative estimate of drug-likeness (QED) is 0.821. The van der Waals surface area contributed by atoms with E-state index >= 15 is 0 Å². The number of carbonyl (C=O) groups is 1. The molecule has 0 aliphatic heterocycles. The summed E-state index contributed by atoms with van der Waals surface area (Å²) in [7, 11) is 1.58. The first kappa shape index (κ1) is 15.3. The van der Waals surface area contributed by atoms with Gasteiger partial charge in [-0.15, -0.1) is 0 Å². The number of Topliss-reactive ketones (excluding diaryl/α,β-unsaturated/α-hetero) is 1. The van der Waals surface area contributed by atoms with E-state index < -0.39 is 0 Å². The molecule has 21 heavy (non-hydrogen) atoms. The summed E-state index contributed by atoms with van der Waals surface area (Å²) in [5.74, 6) is 0.646. The van der Waals surface area contributed by atoms with Crippen LogP contribution in [0.5, 0.6) is 5.75 Å². The summed E-state index contributed by atoms with van der Waals surface area (Å²) in [6.45, 7) is 4.40. The van der Waals surface area contributed by atoms with E-state index in [1.54, 1.807) is 14.0 Å². The molecular formula is C18H21NO2. The maximum Gasteiger partial charge on any atom is 0.163 e. The first-order valence-corrected chi connectivity index (χ1v) is 7.08. The number of hydrogen-bond acceptors (Lipinski definition) is 3. The molecule has 0 heterocycles. The predicted molar refractivity (Wildman–Crippen MR) is 84.7 cm³/mol. The van der Waals surface area contributed by atoms with Crippen LogP contribution in [0.3, 0.4) is 0 Å². The summed E-state index contributed by atoms with van der Waals surface area (Å²) in [6.07, 6.45) is 0. The molecule has 0 fully saturated rings. The van der Waals surface area contributed by atoms with E-state index in [1.807, 2.05) is 36.4 Å². The molecule has 0 radical (unpaired) electrons. The number of ketones is 1. The molecule has 0 spiro atoms. The molecule has 2 rings (SSSR count). The first-order valence-electron chi connectivity index (χ1n) is 7.08. The van der Waals surface area contributed by atoms with Crippen molar-refractivity contribution in [1.29, 1.82) is 0 Å². The zero-order valence-electron chi connectivity index (χ0n) is 12.7. The summed E-state index contributed by atoms with van der Waals surface area (Å²) in [5, 5.41) is 3.47. The summed E-state index contributed by atoms with van der Waals surface area (Å²) in [5.41, 5.74) is 2.95. The second kappa shape index (κ2) is 7.04. The Bertz CT molecular complexity index is 608. The van der Waals surface area contributed by atoms with Crippen LogP contribution in [0.1, 0.15) is 41.4 Å². The van der Waals surface area contributed by atoms with E-state index in [9.17, 15) is 4.79 Å². The zero-order valence-corrected chi connectivity index (χ0v) is 12.7. The molecule has 0 aliphatic rings. The molecule has 2 aromatic carbocycles. The summed E-state index contributed by atoms with van der Waals surface area (Å²) < 4.78 is 5.22. The van der Waals surface area contributed by atoms with Crippen LogP contribution in [0.2, 0.25) is 0 Å². The molecule has 3 heteroatoms. The molecule has 1 N–H and O–H groups in total. The summed E-state index contributed by atoms with van der Waals surface area (Å²) in [4.78, 5) is 11.6. The minimum Gasteiger partial charge on any atom is -0.496 e. The molecule has 0 aromatic heterocycles. The molecule has 2 aromatic rings. The van der Waals surface area contributed by atoms with Crippen molar-refractivity contribution in [3.8, 4) is 5.75 Å². The van der Waals surface area contributed by atoms with Gasteiger partial charge < -0.3 is 10.1 Å². The summed E-state index contributed by atoms with van der Waals surface area (Å²) in [6, 6.07) is 16.3. The van der Waals surface area contributed by atoms with Gasteiger partial charge in [-0.2, -0.15) is 0 Å². The van der Waals surface area contributed by atoms with Crippen LogP contribution in [0, 0.1) is 0 Å². The number of rotatable bonds is 6. The second-order valence-corrected chi connectivity index (χ2v) is 5.10. The van der Waals surface area contributed by atoms with Crippen LogP contribution >= 0.6 is 0 Å². The molecule has 3 nitrogen and oxygen atoms in total. The first-order chi connectivity index (χ1) is 10.1. The molecule has 0 amide bonds. The second-order valence-electron chi connectivity index (χ2n) is 5.10. The van der Waals surface area contributed by atoms with E-state index in [1.165, 1.54) is 5.56 Å². The maximum atomic E-state index is 11.6. The lowest BCUT2D eigenvalue weighted by Crippen LogP contribution is -2.18. The van der Waals surface area contributed by atoms with Gasteiger partial charge in [0.25, 0.3) is 0 Å². The van der Waals surface area contributed by atoms with Crippen molar-refractivity contribution < 1.29 is 9.53 Å². The van der Waals surface area contributed by atoms with Crippen molar-refractivity contribution in [2.45, 2.75) is 26.4 Å². The Morgan fingerprint density at radius 1 is 1.19 bits per heavy atom. The molecule has 0 aliphatic carbocycles. The molecular weight excluding hydrogens is 262 g/mol. The minimum absolute atomic E-state index is 0.0183. The number of ether oxygens (including phenoxy) is 1. The minimum atomic E-state index is 0.0183. The molecule has 110 valence electrons. The highest BCUT2D eigenvalue weighted by molar-refractivity contribution is 5.97. The molecule has 0 saturated heterocycles. The number of hydrogen-bond donors (Lipinski definition) is 1. The van der Waals surface area contributed by atoms with Crippen molar-refractivity contribution in [2.24, 2.45) is 0 Å². The Balaban J connectivity index is 2.07. The van der Waals surface area contributed by atoms with E-state index in [2.05, 4.69) is 24.4 Å². The topological polar surface area (TPSA) is 38.3 Å². The fourth-order valence-corrected chi connectivity index (χ4v) is 2.27. The van der Waals surface area contributed by atoms with Crippen LogP contribution in [0.4, 0.5) is 0 Å². The van der Waals surface area contributed by atoms with Gasteiger partial charge in [0.05, 0.1) is 12.7 Å². The van der Waals surface area contributed by atoms with Crippen LogP contribution in [0.15, 0.2) is 48.5 Å². The van der Waals surface area contributed by atoms with Gasteiger partial charge >= 0.3 is 0 Å². The lowest BCUT2D eigenvalue weighted by molar-refractivity contribution is 0.101. The molecule has 1 unspecified atom stereocenters. The Morgan fingerprint density at radius 2 is 1.90 bits per heavy atom. The van der Waals surface area contributed by atoms with E-state index in [0.29, 0.717) is 17.9 Å². The van der Waals surface area contributed by atoms with Crippen molar-refractivity contribution >= 4 is 5.78 Å². The molecule has 0 bridgehead atoms. The fourth-order valence-electron chi connectivity index (χ4n) is 2.27. The van der Waals surface area contributed by atoms with Crippen molar-refractivity contribution in [3.05, 3.63) is 65.2 Å². The largest absolute Gasteiger partial charge is 0.496 e. The van der Waals surface area contributed by atoms with Gasteiger partial charge in [0.1, 0.15) is 5.75 Å². The SMILES string of the molecule is COc1ccc(CNC(C)c2ccccc2)cc1C(C)=O.